The molecule has 0 aromatic carbocycles. The Kier molecular flexibility index (Phi) is 59.3. The van der Waals surface area contributed by atoms with Gasteiger partial charge in [-0.15, -0.1) is 0 Å². The maximum absolute atomic E-state index is 13.6. The molecular formula is C73H130N2O7P+. The number of nitrogens with one attached hydrogen (secondary N) is 1. The number of esters is 1. The lowest BCUT2D eigenvalue weighted by Gasteiger charge is -2.27. The molecule has 0 aliphatic carbocycles. The first-order valence-electron chi connectivity index (χ1n) is 34.2. The number of phosphoric ester groups is 1. The number of ether oxygens (including phenoxy) is 1. The third kappa shape index (κ3) is 63.0. The van der Waals surface area contributed by atoms with Crippen molar-refractivity contribution < 1.29 is 37.3 Å². The van der Waals surface area contributed by atoms with Gasteiger partial charge in [0.1, 0.15) is 19.3 Å². The number of allylic oxidation sites excluding steroid dienone is 17. The largest absolute Gasteiger partial charge is 0.472 e. The van der Waals surface area contributed by atoms with Crippen LogP contribution in [0.5, 0.6) is 0 Å². The number of hydrogen-bond donors (Lipinski definition) is 2. The number of carbonyl (C=O) groups is 2. The van der Waals surface area contributed by atoms with Gasteiger partial charge in [-0.2, -0.15) is 0 Å². The van der Waals surface area contributed by atoms with Crippen LogP contribution < -0.4 is 5.32 Å². The van der Waals surface area contributed by atoms with E-state index in [1.807, 2.05) is 33.3 Å². The van der Waals surface area contributed by atoms with Gasteiger partial charge in [-0.1, -0.05) is 272 Å². The monoisotopic (exact) mass is 1180 g/mol. The molecule has 9 nitrogen and oxygen atoms in total. The second-order valence-corrected chi connectivity index (χ2v) is 25.4. The van der Waals surface area contributed by atoms with Gasteiger partial charge in [0.15, 0.2) is 0 Å². The van der Waals surface area contributed by atoms with Gasteiger partial charge in [-0.05, 0) is 115 Å². The van der Waals surface area contributed by atoms with Crippen LogP contribution in [0.1, 0.15) is 290 Å². The lowest BCUT2D eigenvalue weighted by Crippen LogP contribution is -2.47. The molecular weight excluding hydrogens is 1050 g/mol. The highest BCUT2D eigenvalue weighted by Gasteiger charge is 2.30. The zero-order chi connectivity index (χ0) is 60.7. The van der Waals surface area contributed by atoms with E-state index in [1.54, 1.807) is 0 Å². The molecule has 10 heteroatoms. The molecule has 0 heterocycles. The van der Waals surface area contributed by atoms with Crippen molar-refractivity contribution in [2.45, 2.75) is 303 Å². The van der Waals surface area contributed by atoms with Gasteiger partial charge < -0.3 is 19.4 Å². The minimum Gasteiger partial charge on any atom is -0.456 e. The number of phosphoric acid groups is 1. The lowest BCUT2D eigenvalue weighted by molar-refractivity contribution is -0.870. The average Bonchev–Trinajstić information content (AvgIpc) is 3.51. The van der Waals surface area contributed by atoms with Crippen molar-refractivity contribution in [3.63, 3.8) is 0 Å². The maximum Gasteiger partial charge on any atom is 0.472 e. The first-order chi connectivity index (χ1) is 40.4. The standard InChI is InChI=1S/C73H129N2O7P/c1-7-10-13-16-19-22-25-27-29-31-33-35-37-39-41-43-45-47-50-53-56-59-62-65-72(76)74-70(69-81-83(78,79)80-68-67-75(4,5)6)71(64-61-58-55-52-49-24-21-18-15-12-9-3)82-73(77)66-63-60-57-54-51-48-46-44-42-40-38-36-34-32-30-28-26-23-20-17-14-11-8-2/h11,14,19-20,22-23,27-30,33-36,40,42,61,64,70-71H,7-10,12-13,15-18,21,24-26,31-32,37-39,41,43-60,62-63,65-69H2,1-6H3,(H-,74,76,78,79)/p+1/b14-11-,22-19-,23-20-,29-27-,30-28-,35-33-,36-34-,42-40-,64-61+. The highest BCUT2D eigenvalue weighted by atomic mass is 31.2. The lowest BCUT2D eigenvalue weighted by atomic mass is 10.0. The molecule has 478 valence electrons. The molecule has 0 fully saturated rings. The molecule has 0 bridgehead atoms. The van der Waals surface area contributed by atoms with Crippen molar-refractivity contribution in [3.8, 4) is 0 Å². The van der Waals surface area contributed by atoms with Crippen molar-refractivity contribution in [2.24, 2.45) is 0 Å². The van der Waals surface area contributed by atoms with Crippen LogP contribution >= 0.6 is 7.82 Å². The Balaban J connectivity index is 5.12. The van der Waals surface area contributed by atoms with Crippen LogP contribution in [0.25, 0.3) is 0 Å². The summed E-state index contributed by atoms with van der Waals surface area (Å²) < 4.78 is 30.8. The summed E-state index contributed by atoms with van der Waals surface area (Å²) >= 11 is 0. The SMILES string of the molecule is CC/C=C\C/C=C\C/C=C\C/C=C\C/C=C\CCCCCCCCCC(=O)OC(/C=C/CCCCCCCCCCC)C(COP(=O)(O)OCC[N+](C)(C)C)NC(=O)CCCCCCCCCCCC/C=C\C/C=C\C/C=C\CCCCC. The molecule has 0 radical (unpaired) electrons. The predicted molar refractivity (Wildman–Crippen MR) is 360 cm³/mol. The zero-order valence-corrected chi connectivity index (χ0v) is 55.6. The summed E-state index contributed by atoms with van der Waals surface area (Å²) in [6.07, 6.45) is 85.2. The summed E-state index contributed by atoms with van der Waals surface area (Å²) in [6.45, 7) is 6.86. The second kappa shape index (κ2) is 61.7. The van der Waals surface area contributed by atoms with Crippen LogP contribution in [0.2, 0.25) is 0 Å². The van der Waals surface area contributed by atoms with Crippen LogP contribution in [0.3, 0.4) is 0 Å². The van der Waals surface area contributed by atoms with Gasteiger partial charge in [-0.25, -0.2) is 4.57 Å². The molecule has 3 unspecified atom stereocenters. The van der Waals surface area contributed by atoms with Crippen molar-refractivity contribution in [2.75, 3.05) is 40.9 Å². The van der Waals surface area contributed by atoms with Gasteiger partial charge in [0.25, 0.3) is 0 Å². The molecule has 0 aromatic heterocycles. The summed E-state index contributed by atoms with van der Waals surface area (Å²) in [5, 5.41) is 3.06. The highest BCUT2D eigenvalue weighted by Crippen LogP contribution is 2.43. The van der Waals surface area contributed by atoms with Gasteiger partial charge >= 0.3 is 13.8 Å². The topological polar surface area (TPSA) is 111 Å². The Morgan fingerprint density at radius 1 is 0.434 bits per heavy atom. The number of likely N-dealkylation sites (N-methyl/N-ethyl adjacent to an activating group) is 1. The minimum absolute atomic E-state index is 0.0325. The van der Waals surface area contributed by atoms with E-state index >= 15 is 0 Å². The summed E-state index contributed by atoms with van der Waals surface area (Å²) in [7, 11) is 1.48. The van der Waals surface area contributed by atoms with Crippen LogP contribution in [-0.4, -0.2) is 74.3 Å². The number of hydrogen-bond acceptors (Lipinski definition) is 6. The predicted octanol–water partition coefficient (Wildman–Crippen LogP) is 21.7. The Labute approximate surface area is 512 Å². The van der Waals surface area contributed by atoms with Gasteiger partial charge in [0.05, 0.1) is 33.8 Å². The Hall–Kier alpha value is -3.33. The molecule has 0 aliphatic heterocycles. The van der Waals surface area contributed by atoms with E-state index in [2.05, 4.69) is 123 Å². The van der Waals surface area contributed by atoms with Crippen molar-refractivity contribution in [1.82, 2.24) is 5.32 Å². The van der Waals surface area contributed by atoms with Crippen LogP contribution in [0.15, 0.2) is 109 Å². The van der Waals surface area contributed by atoms with Crippen molar-refractivity contribution in [3.05, 3.63) is 109 Å². The molecule has 0 aliphatic rings. The first-order valence-corrected chi connectivity index (χ1v) is 35.7. The normalized spacial score (nSPS) is 14.3. The molecule has 0 saturated carbocycles. The number of carbonyl (C=O) groups excluding carboxylic acids is 2. The third-order valence-electron chi connectivity index (χ3n) is 14.7. The van der Waals surface area contributed by atoms with Crippen molar-refractivity contribution in [1.29, 1.82) is 0 Å². The number of rotatable bonds is 61. The molecule has 0 spiro atoms. The van der Waals surface area contributed by atoms with Crippen LogP contribution in [0, 0.1) is 0 Å². The molecule has 3 atom stereocenters. The van der Waals surface area contributed by atoms with Gasteiger partial charge in [0.2, 0.25) is 5.91 Å². The molecule has 83 heavy (non-hydrogen) atoms. The summed E-state index contributed by atoms with van der Waals surface area (Å²) in [4.78, 5) is 37.8. The fraction of sp³-hybridized carbons (Fsp3) is 0.726. The number of nitrogens with zero attached hydrogens (tertiary/aromatic N) is 1. The van der Waals surface area contributed by atoms with Crippen molar-refractivity contribution >= 4 is 19.7 Å². The van der Waals surface area contributed by atoms with Crippen LogP contribution in [-0.2, 0) is 27.9 Å². The highest BCUT2D eigenvalue weighted by molar-refractivity contribution is 7.47. The molecule has 2 N–H and O–H groups in total. The Morgan fingerprint density at radius 3 is 1.18 bits per heavy atom. The Morgan fingerprint density at radius 2 is 0.771 bits per heavy atom. The summed E-state index contributed by atoms with van der Waals surface area (Å²) in [5.74, 6) is -0.524. The minimum atomic E-state index is -4.46. The van der Waals surface area contributed by atoms with E-state index in [1.165, 1.54) is 128 Å². The third-order valence-corrected chi connectivity index (χ3v) is 15.7. The molecule has 0 aromatic rings. The van der Waals surface area contributed by atoms with E-state index < -0.39 is 20.0 Å². The quantitative estimate of drug-likeness (QED) is 0.0205. The van der Waals surface area contributed by atoms with E-state index in [9.17, 15) is 19.0 Å². The van der Waals surface area contributed by atoms with Crippen LogP contribution in [0.4, 0.5) is 0 Å². The van der Waals surface area contributed by atoms with Gasteiger partial charge in [0, 0.05) is 12.8 Å². The first kappa shape index (κ1) is 79.7. The van der Waals surface area contributed by atoms with Gasteiger partial charge in [-0.3, -0.25) is 18.6 Å². The Bertz CT molecular complexity index is 1790. The smallest absolute Gasteiger partial charge is 0.456 e. The summed E-state index contributed by atoms with van der Waals surface area (Å²) in [6, 6.07) is -0.863. The fourth-order valence-corrected chi connectivity index (χ4v) is 10.2. The average molecular weight is 1180 g/mol. The van der Waals surface area contributed by atoms with E-state index in [4.69, 9.17) is 13.8 Å². The number of quaternary nitrogens is 1. The fourth-order valence-electron chi connectivity index (χ4n) is 9.44. The van der Waals surface area contributed by atoms with E-state index in [-0.39, 0.29) is 31.5 Å². The van der Waals surface area contributed by atoms with E-state index in [0.717, 1.165) is 128 Å². The zero-order valence-electron chi connectivity index (χ0n) is 54.7. The molecule has 0 saturated heterocycles. The number of unbranched alkanes of at least 4 members (excludes halogenated alkanes) is 29. The van der Waals surface area contributed by atoms with E-state index in [0.29, 0.717) is 17.4 Å². The maximum atomic E-state index is 13.6. The molecule has 1 amide bonds. The molecule has 0 rings (SSSR count). The summed E-state index contributed by atoms with van der Waals surface area (Å²) in [5.41, 5.74) is 0. The second-order valence-electron chi connectivity index (χ2n) is 24.0. The number of amides is 1.